The lowest BCUT2D eigenvalue weighted by atomic mass is 9.98. The molecule has 0 spiro atoms. The number of esters is 1. The summed E-state index contributed by atoms with van der Waals surface area (Å²) in [7, 11) is 0. The standard InChI is InChI=1S/C13H23N3O2/c1-6-8-13(4,5)16-9(3)15-10(11(16)14)12(17)18-7-2/h6-8,14H2,1-5H3. The van der Waals surface area contributed by atoms with E-state index >= 15 is 0 Å². The highest BCUT2D eigenvalue weighted by Crippen LogP contribution is 2.29. The Balaban J connectivity index is 3.20. The van der Waals surface area contributed by atoms with Crippen molar-refractivity contribution in [3.8, 4) is 0 Å². The summed E-state index contributed by atoms with van der Waals surface area (Å²) in [6, 6.07) is 0. The van der Waals surface area contributed by atoms with Crippen LogP contribution in [0.2, 0.25) is 0 Å². The Bertz CT molecular complexity index is 436. The number of aryl methyl sites for hydroxylation is 1. The van der Waals surface area contributed by atoms with Gasteiger partial charge in [0.25, 0.3) is 0 Å². The monoisotopic (exact) mass is 253 g/mol. The van der Waals surface area contributed by atoms with E-state index in [4.69, 9.17) is 10.5 Å². The summed E-state index contributed by atoms with van der Waals surface area (Å²) < 4.78 is 6.87. The average Bonchev–Trinajstić information content (AvgIpc) is 2.55. The van der Waals surface area contributed by atoms with Gasteiger partial charge in [0.05, 0.1) is 6.61 Å². The van der Waals surface area contributed by atoms with Crippen LogP contribution in [0.1, 0.15) is 56.8 Å². The molecule has 0 radical (unpaired) electrons. The Labute approximate surface area is 108 Å². The number of hydrogen-bond donors (Lipinski definition) is 1. The van der Waals surface area contributed by atoms with Crippen molar-refractivity contribution in [2.24, 2.45) is 0 Å². The molecule has 18 heavy (non-hydrogen) atoms. The Morgan fingerprint density at radius 1 is 1.44 bits per heavy atom. The third-order valence-electron chi connectivity index (χ3n) is 3.02. The molecule has 1 aromatic heterocycles. The van der Waals surface area contributed by atoms with E-state index in [-0.39, 0.29) is 11.2 Å². The predicted molar refractivity (Wildman–Crippen MR) is 71.6 cm³/mol. The van der Waals surface area contributed by atoms with Gasteiger partial charge in [0.2, 0.25) is 0 Å². The molecule has 0 aliphatic heterocycles. The number of carbonyl (C=O) groups is 1. The molecule has 0 saturated carbocycles. The summed E-state index contributed by atoms with van der Waals surface area (Å²) in [5, 5.41) is 0. The number of imidazole rings is 1. The van der Waals surface area contributed by atoms with Gasteiger partial charge in [0, 0.05) is 5.54 Å². The Kier molecular flexibility index (Phi) is 4.38. The van der Waals surface area contributed by atoms with Gasteiger partial charge in [0.15, 0.2) is 5.69 Å². The summed E-state index contributed by atoms with van der Waals surface area (Å²) in [4.78, 5) is 16.0. The molecule has 0 saturated heterocycles. The number of rotatable bonds is 5. The zero-order valence-electron chi connectivity index (χ0n) is 11.9. The van der Waals surface area contributed by atoms with Crippen LogP contribution in [-0.2, 0) is 10.3 Å². The fraction of sp³-hybridized carbons (Fsp3) is 0.692. The molecular formula is C13H23N3O2. The van der Waals surface area contributed by atoms with E-state index in [0.717, 1.165) is 18.7 Å². The molecule has 102 valence electrons. The summed E-state index contributed by atoms with van der Waals surface area (Å²) in [5.41, 5.74) is 6.12. The first-order valence-electron chi connectivity index (χ1n) is 6.37. The first-order chi connectivity index (χ1) is 8.35. The van der Waals surface area contributed by atoms with E-state index in [2.05, 4.69) is 25.8 Å². The topological polar surface area (TPSA) is 70.1 Å². The zero-order chi connectivity index (χ0) is 13.9. The molecule has 0 fully saturated rings. The Morgan fingerprint density at radius 2 is 2.06 bits per heavy atom. The maximum atomic E-state index is 11.7. The van der Waals surface area contributed by atoms with Crippen molar-refractivity contribution in [2.45, 2.75) is 53.0 Å². The number of nitrogens with two attached hydrogens (primary N) is 1. The highest BCUT2D eigenvalue weighted by Gasteiger charge is 2.28. The van der Waals surface area contributed by atoms with Gasteiger partial charge in [-0.15, -0.1) is 0 Å². The zero-order valence-corrected chi connectivity index (χ0v) is 11.9. The molecule has 5 nitrogen and oxygen atoms in total. The van der Waals surface area contributed by atoms with Crippen LogP contribution in [0.4, 0.5) is 5.82 Å². The predicted octanol–water partition coefficient (Wildman–Crippen LogP) is 2.49. The molecule has 5 heteroatoms. The van der Waals surface area contributed by atoms with Crippen LogP contribution in [0.3, 0.4) is 0 Å². The number of aromatic nitrogens is 2. The maximum absolute atomic E-state index is 11.7. The number of carbonyl (C=O) groups excluding carboxylic acids is 1. The van der Waals surface area contributed by atoms with Gasteiger partial charge in [-0.2, -0.15) is 0 Å². The van der Waals surface area contributed by atoms with Crippen LogP contribution in [0.15, 0.2) is 0 Å². The lowest BCUT2D eigenvalue weighted by Crippen LogP contribution is -2.28. The highest BCUT2D eigenvalue weighted by molar-refractivity contribution is 5.92. The summed E-state index contributed by atoms with van der Waals surface area (Å²) in [5.74, 6) is 0.683. The van der Waals surface area contributed by atoms with E-state index in [1.165, 1.54) is 0 Å². The minimum Gasteiger partial charge on any atom is -0.461 e. The van der Waals surface area contributed by atoms with Crippen molar-refractivity contribution >= 4 is 11.8 Å². The van der Waals surface area contributed by atoms with E-state index in [1.54, 1.807) is 6.92 Å². The number of anilines is 1. The Hall–Kier alpha value is -1.52. The SMILES string of the molecule is CCCC(C)(C)n1c(C)nc(C(=O)OCC)c1N. The van der Waals surface area contributed by atoms with Gasteiger partial charge in [-0.05, 0) is 34.1 Å². The highest BCUT2D eigenvalue weighted by atomic mass is 16.5. The van der Waals surface area contributed by atoms with E-state index in [0.29, 0.717) is 12.4 Å². The lowest BCUT2D eigenvalue weighted by molar-refractivity contribution is 0.0521. The smallest absolute Gasteiger partial charge is 0.360 e. The van der Waals surface area contributed by atoms with Gasteiger partial charge < -0.3 is 15.0 Å². The average molecular weight is 253 g/mol. The molecular weight excluding hydrogens is 230 g/mol. The fourth-order valence-corrected chi connectivity index (χ4v) is 2.39. The summed E-state index contributed by atoms with van der Waals surface area (Å²) in [6.45, 7) is 10.3. The minimum absolute atomic E-state index is 0.152. The molecule has 2 N–H and O–H groups in total. The molecule has 0 aliphatic carbocycles. The summed E-state index contributed by atoms with van der Waals surface area (Å²) >= 11 is 0. The van der Waals surface area contributed by atoms with Crippen molar-refractivity contribution in [2.75, 3.05) is 12.3 Å². The quantitative estimate of drug-likeness (QED) is 0.818. The molecule has 0 amide bonds. The molecule has 1 rings (SSSR count). The minimum atomic E-state index is -0.454. The summed E-state index contributed by atoms with van der Waals surface area (Å²) in [6.07, 6.45) is 2.01. The van der Waals surface area contributed by atoms with Crippen LogP contribution >= 0.6 is 0 Å². The third-order valence-corrected chi connectivity index (χ3v) is 3.02. The van der Waals surface area contributed by atoms with Gasteiger partial charge >= 0.3 is 5.97 Å². The molecule has 0 unspecified atom stereocenters. The number of nitrogen functional groups attached to an aromatic ring is 1. The fourth-order valence-electron chi connectivity index (χ4n) is 2.39. The third kappa shape index (κ3) is 2.66. The largest absolute Gasteiger partial charge is 0.461 e. The van der Waals surface area contributed by atoms with Crippen LogP contribution in [0, 0.1) is 6.92 Å². The van der Waals surface area contributed by atoms with Crippen LogP contribution in [-0.4, -0.2) is 22.1 Å². The maximum Gasteiger partial charge on any atom is 0.360 e. The van der Waals surface area contributed by atoms with Gasteiger partial charge in [-0.1, -0.05) is 13.3 Å². The second kappa shape index (κ2) is 5.42. The number of ether oxygens (including phenoxy) is 1. The van der Waals surface area contributed by atoms with Crippen molar-refractivity contribution in [1.82, 2.24) is 9.55 Å². The Morgan fingerprint density at radius 3 is 2.56 bits per heavy atom. The lowest BCUT2D eigenvalue weighted by Gasteiger charge is -2.28. The molecule has 0 atom stereocenters. The van der Waals surface area contributed by atoms with Crippen molar-refractivity contribution in [3.05, 3.63) is 11.5 Å². The van der Waals surface area contributed by atoms with E-state index < -0.39 is 5.97 Å². The number of hydrogen-bond acceptors (Lipinski definition) is 4. The van der Waals surface area contributed by atoms with Crippen molar-refractivity contribution < 1.29 is 9.53 Å². The van der Waals surface area contributed by atoms with Crippen LogP contribution in [0.5, 0.6) is 0 Å². The van der Waals surface area contributed by atoms with Gasteiger partial charge in [-0.3, -0.25) is 0 Å². The molecule has 1 heterocycles. The van der Waals surface area contributed by atoms with E-state index in [9.17, 15) is 4.79 Å². The van der Waals surface area contributed by atoms with Gasteiger partial charge in [-0.25, -0.2) is 9.78 Å². The number of nitrogens with zero attached hydrogens (tertiary/aromatic N) is 2. The first-order valence-corrected chi connectivity index (χ1v) is 6.37. The molecule has 0 aliphatic rings. The molecule has 0 aromatic carbocycles. The van der Waals surface area contributed by atoms with Crippen molar-refractivity contribution in [1.29, 1.82) is 0 Å². The van der Waals surface area contributed by atoms with E-state index in [1.807, 2.05) is 11.5 Å². The first kappa shape index (κ1) is 14.5. The second-order valence-corrected chi connectivity index (χ2v) is 5.01. The van der Waals surface area contributed by atoms with Crippen molar-refractivity contribution in [3.63, 3.8) is 0 Å². The van der Waals surface area contributed by atoms with Crippen LogP contribution < -0.4 is 5.73 Å². The molecule has 0 bridgehead atoms. The second-order valence-electron chi connectivity index (χ2n) is 5.01. The van der Waals surface area contributed by atoms with Crippen LogP contribution in [0.25, 0.3) is 0 Å². The normalized spacial score (nSPS) is 11.6. The van der Waals surface area contributed by atoms with Gasteiger partial charge in [0.1, 0.15) is 11.6 Å². The molecule has 1 aromatic rings.